The molecule has 33 heavy (non-hydrogen) atoms. The molecule has 10 heteroatoms. The number of halogens is 1. The summed E-state index contributed by atoms with van der Waals surface area (Å²) in [5.74, 6) is 0.841. The van der Waals surface area contributed by atoms with Gasteiger partial charge in [0.1, 0.15) is 17.2 Å². The number of benzene rings is 3. The van der Waals surface area contributed by atoms with Gasteiger partial charge in [-0.3, -0.25) is 14.9 Å². The molecule has 0 saturated carbocycles. The predicted octanol–water partition coefficient (Wildman–Crippen LogP) is 5.18. The van der Waals surface area contributed by atoms with Gasteiger partial charge in [-0.1, -0.05) is 16.8 Å². The largest absolute Gasteiger partial charge is 0.497 e. The van der Waals surface area contributed by atoms with Gasteiger partial charge in [-0.25, -0.2) is 0 Å². The first-order valence-electron chi connectivity index (χ1n) is 9.82. The molecule has 0 fully saturated rings. The molecule has 1 atom stereocenters. The van der Waals surface area contributed by atoms with Crippen LogP contribution >= 0.6 is 11.6 Å². The molecule has 0 spiro atoms. The van der Waals surface area contributed by atoms with E-state index >= 15 is 0 Å². The molecule has 4 rings (SSSR count). The third-order valence-electron chi connectivity index (χ3n) is 4.80. The number of methoxy groups -OCH3 is 1. The zero-order chi connectivity index (χ0) is 23.4. The van der Waals surface area contributed by atoms with Crippen molar-refractivity contribution in [2.75, 3.05) is 12.4 Å². The molecule has 0 aromatic heterocycles. The first-order chi connectivity index (χ1) is 15.9. The Morgan fingerprint density at radius 1 is 1.09 bits per heavy atom. The van der Waals surface area contributed by atoms with E-state index in [9.17, 15) is 14.9 Å². The number of carbonyl (C=O) groups excluding carboxylic acids is 1. The molecular weight excluding hydrogens is 450 g/mol. The minimum absolute atomic E-state index is 0.185. The molecule has 1 unspecified atom stereocenters. The highest BCUT2D eigenvalue weighted by Crippen LogP contribution is 2.31. The Labute approximate surface area is 193 Å². The van der Waals surface area contributed by atoms with E-state index in [1.165, 1.54) is 18.2 Å². The number of amides is 1. The number of nitro benzene ring substituents is 1. The first-order valence-corrected chi connectivity index (χ1v) is 10.2. The number of ether oxygens (including phenoxy) is 2. The summed E-state index contributed by atoms with van der Waals surface area (Å²) in [5, 5.41) is 18.5. The molecule has 3 aromatic carbocycles. The highest BCUT2D eigenvalue weighted by atomic mass is 35.5. The molecule has 0 radical (unpaired) electrons. The molecule has 0 aliphatic carbocycles. The Kier molecular flexibility index (Phi) is 6.41. The van der Waals surface area contributed by atoms with Crippen molar-refractivity contribution in [2.45, 2.75) is 12.5 Å². The summed E-state index contributed by atoms with van der Waals surface area (Å²) in [6.45, 7) is 0. The van der Waals surface area contributed by atoms with E-state index in [-0.39, 0.29) is 23.5 Å². The van der Waals surface area contributed by atoms with Crippen LogP contribution < -0.4 is 14.8 Å². The summed E-state index contributed by atoms with van der Waals surface area (Å²) in [4.78, 5) is 28.8. The fourth-order valence-electron chi connectivity index (χ4n) is 3.15. The Morgan fingerprint density at radius 2 is 1.79 bits per heavy atom. The lowest BCUT2D eigenvalue weighted by Gasteiger charge is -2.12. The summed E-state index contributed by atoms with van der Waals surface area (Å²) in [6, 6.07) is 17.7. The summed E-state index contributed by atoms with van der Waals surface area (Å²) < 4.78 is 10.8. The maximum atomic E-state index is 12.7. The topological polar surface area (TPSA) is 112 Å². The lowest BCUT2D eigenvalue weighted by atomic mass is 10.0. The van der Waals surface area contributed by atoms with E-state index in [2.05, 4.69) is 10.5 Å². The van der Waals surface area contributed by atoms with Crippen molar-refractivity contribution in [3.05, 3.63) is 87.4 Å². The van der Waals surface area contributed by atoms with Gasteiger partial charge in [0, 0.05) is 23.6 Å². The first kappa shape index (κ1) is 22.1. The van der Waals surface area contributed by atoms with Crippen LogP contribution in [0.25, 0.3) is 0 Å². The van der Waals surface area contributed by atoms with Gasteiger partial charge in [0.05, 0.1) is 29.5 Å². The summed E-state index contributed by atoms with van der Waals surface area (Å²) in [6.07, 6.45) is -0.622. The Bertz CT molecular complexity index is 1210. The van der Waals surface area contributed by atoms with Gasteiger partial charge in [0.15, 0.2) is 0 Å². The average molecular weight is 468 g/mol. The number of non-ortho nitro benzene ring substituents is 1. The van der Waals surface area contributed by atoms with Gasteiger partial charge >= 0.3 is 0 Å². The van der Waals surface area contributed by atoms with Gasteiger partial charge in [0.25, 0.3) is 11.6 Å². The van der Waals surface area contributed by atoms with Crippen LogP contribution in [0.5, 0.6) is 17.2 Å². The quantitative estimate of drug-likeness (QED) is 0.378. The fourth-order valence-corrected chi connectivity index (χ4v) is 3.28. The van der Waals surface area contributed by atoms with E-state index in [0.717, 1.165) is 5.56 Å². The number of rotatable bonds is 7. The minimum Gasteiger partial charge on any atom is -0.497 e. The average Bonchev–Trinajstić information content (AvgIpc) is 3.31. The van der Waals surface area contributed by atoms with Crippen molar-refractivity contribution in [3.8, 4) is 17.2 Å². The zero-order valence-electron chi connectivity index (χ0n) is 17.4. The smallest absolute Gasteiger partial charge is 0.275 e. The second-order valence-corrected chi connectivity index (χ2v) is 7.52. The van der Waals surface area contributed by atoms with Crippen molar-refractivity contribution in [1.82, 2.24) is 0 Å². The Morgan fingerprint density at radius 3 is 2.45 bits per heavy atom. The van der Waals surface area contributed by atoms with E-state index in [1.54, 1.807) is 43.5 Å². The highest BCUT2D eigenvalue weighted by Gasteiger charge is 2.29. The standard InChI is InChI=1S/C23H18ClN3O6/c1-31-18-6-2-14(3-7-18)21-13-22(33-26-21)23(28)25-16-10-17(27(29)30)12-20(11-16)32-19-8-4-15(24)5-9-19/h2-12,22H,13H2,1H3,(H,25,28). The molecule has 168 valence electrons. The number of oxime groups is 1. The summed E-state index contributed by atoms with van der Waals surface area (Å²) >= 11 is 5.87. The zero-order valence-corrected chi connectivity index (χ0v) is 18.1. The van der Waals surface area contributed by atoms with Gasteiger partial charge in [-0.2, -0.15) is 0 Å². The van der Waals surface area contributed by atoms with Crippen LogP contribution in [0.2, 0.25) is 5.02 Å². The molecule has 9 nitrogen and oxygen atoms in total. The van der Waals surface area contributed by atoms with Crippen LogP contribution in [-0.4, -0.2) is 29.8 Å². The molecule has 1 aliphatic heterocycles. The summed E-state index contributed by atoms with van der Waals surface area (Å²) in [7, 11) is 1.57. The van der Waals surface area contributed by atoms with Gasteiger partial charge in [-0.15, -0.1) is 0 Å². The van der Waals surface area contributed by atoms with Crippen LogP contribution in [-0.2, 0) is 9.63 Å². The van der Waals surface area contributed by atoms with Crippen LogP contribution in [0.4, 0.5) is 11.4 Å². The van der Waals surface area contributed by atoms with Gasteiger partial charge in [-0.05, 0) is 54.1 Å². The number of hydrogen-bond acceptors (Lipinski definition) is 7. The van der Waals surface area contributed by atoms with E-state index < -0.39 is 16.9 Å². The third-order valence-corrected chi connectivity index (χ3v) is 5.06. The van der Waals surface area contributed by atoms with Gasteiger partial charge < -0.3 is 19.6 Å². The maximum absolute atomic E-state index is 12.7. The second-order valence-electron chi connectivity index (χ2n) is 7.08. The van der Waals surface area contributed by atoms with Crippen LogP contribution in [0, 0.1) is 10.1 Å². The van der Waals surface area contributed by atoms with E-state index in [0.29, 0.717) is 22.2 Å². The molecule has 3 aromatic rings. The lowest BCUT2D eigenvalue weighted by molar-refractivity contribution is -0.384. The molecular formula is C23H18ClN3O6. The Hall–Kier alpha value is -4.11. The molecule has 1 aliphatic rings. The van der Waals surface area contributed by atoms with Crippen LogP contribution in [0.3, 0.4) is 0 Å². The van der Waals surface area contributed by atoms with Crippen molar-refractivity contribution in [2.24, 2.45) is 5.16 Å². The predicted molar refractivity (Wildman–Crippen MR) is 122 cm³/mol. The van der Waals surface area contributed by atoms with E-state index in [4.69, 9.17) is 25.9 Å². The lowest BCUT2D eigenvalue weighted by Crippen LogP contribution is -2.28. The molecule has 0 bridgehead atoms. The highest BCUT2D eigenvalue weighted by molar-refractivity contribution is 6.30. The minimum atomic E-state index is -0.873. The second kappa shape index (κ2) is 9.58. The number of carbonyl (C=O) groups is 1. The number of hydrogen-bond donors (Lipinski definition) is 1. The molecule has 1 N–H and O–H groups in total. The molecule has 1 amide bonds. The molecule has 0 saturated heterocycles. The van der Waals surface area contributed by atoms with Crippen LogP contribution in [0.1, 0.15) is 12.0 Å². The molecule has 1 heterocycles. The SMILES string of the molecule is COc1ccc(C2=NOC(C(=O)Nc3cc(Oc4ccc(Cl)cc4)cc([N+](=O)[O-])c3)C2)cc1. The van der Waals surface area contributed by atoms with Crippen molar-refractivity contribution in [1.29, 1.82) is 0 Å². The van der Waals surface area contributed by atoms with Crippen LogP contribution in [0.15, 0.2) is 71.9 Å². The third kappa shape index (κ3) is 5.39. The normalized spacial score (nSPS) is 14.7. The number of nitrogens with one attached hydrogen (secondary N) is 1. The summed E-state index contributed by atoms with van der Waals surface area (Å²) in [5.41, 5.74) is 1.38. The number of nitro groups is 1. The van der Waals surface area contributed by atoms with E-state index in [1.807, 2.05) is 12.1 Å². The Balaban J connectivity index is 1.46. The van der Waals surface area contributed by atoms with Crippen molar-refractivity contribution < 1.29 is 24.0 Å². The van der Waals surface area contributed by atoms with Gasteiger partial charge in [0.2, 0.25) is 6.10 Å². The number of nitrogens with zero attached hydrogens (tertiary/aromatic N) is 2. The maximum Gasteiger partial charge on any atom is 0.275 e. The fraction of sp³-hybridized carbons (Fsp3) is 0.130. The monoisotopic (exact) mass is 467 g/mol. The van der Waals surface area contributed by atoms with Crippen molar-refractivity contribution >= 4 is 34.6 Å². The van der Waals surface area contributed by atoms with Crippen molar-refractivity contribution in [3.63, 3.8) is 0 Å². The number of anilines is 1.